The summed E-state index contributed by atoms with van der Waals surface area (Å²) in [5.41, 5.74) is 0.0710. The molecule has 0 saturated heterocycles. The fraction of sp³-hybridized carbons (Fsp3) is 0.579. The molecule has 0 spiro atoms. The molecule has 0 heterocycles. The van der Waals surface area contributed by atoms with Crippen LogP contribution in [0.3, 0.4) is 0 Å². The number of carbonyl (C=O) groups excluding carboxylic acids is 2. The molecule has 2 unspecified atom stereocenters. The predicted molar refractivity (Wildman–Crippen MR) is 105 cm³/mol. The van der Waals surface area contributed by atoms with Gasteiger partial charge in [0.2, 0.25) is 5.91 Å². The molecule has 4 nitrogen and oxygen atoms in total. The lowest BCUT2D eigenvalue weighted by molar-refractivity contribution is -0.143. The Hall–Kier alpha value is -1.27. The highest BCUT2D eigenvalue weighted by molar-refractivity contribution is 8.00. The molecule has 26 heavy (non-hydrogen) atoms. The first-order valence-corrected chi connectivity index (χ1v) is 10.2. The quantitative estimate of drug-likeness (QED) is 0.403. The van der Waals surface area contributed by atoms with Crippen LogP contribution in [0.2, 0.25) is 5.02 Å². The average Bonchev–Trinajstić information content (AvgIpc) is 2.60. The van der Waals surface area contributed by atoms with Crippen LogP contribution in [-0.4, -0.2) is 23.7 Å². The molecule has 0 bridgehead atoms. The first kappa shape index (κ1) is 22.8. The maximum absolute atomic E-state index is 14.2. The number of esters is 1. The molecule has 1 rings (SSSR count). The van der Waals surface area contributed by atoms with Crippen LogP contribution in [0.25, 0.3) is 0 Å². The molecule has 0 aliphatic rings. The highest BCUT2D eigenvalue weighted by Crippen LogP contribution is 2.36. The van der Waals surface area contributed by atoms with E-state index in [-0.39, 0.29) is 28.5 Å². The molecule has 0 fully saturated rings. The molecule has 0 aliphatic carbocycles. The SMILES string of the molecule is CCCOC(=O)C(CC)Sc1cc(NC(=O)C(C)CCC)c(F)cc1Cl. The number of thioether (sulfide) groups is 1. The van der Waals surface area contributed by atoms with Gasteiger partial charge in [-0.25, -0.2) is 4.39 Å². The Balaban J connectivity index is 2.95. The Morgan fingerprint density at radius 2 is 1.96 bits per heavy atom. The van der Waals surface area contributed by atoms with Crippen molar-refractivity contribution in [1.82, 2.24) is 0 Å². The van der Waals surface area contributed by atoms with Crippen LogP contribution in [0.1, 0.15) is 53.4 Å². The molecule has 1 aromatic carbocycles. The number of rotatable bonds is 10. The van der Waals surface area contributed by atoms with Gasteiger partial charge in [-0.1, -0.05) is 45.7 Å². The molecule has 1 amide bonds. The van der Waals surface area contributed by atoms with Gasteiger partial charge in [-0.3, -0.25) is 9.59 Å². The Bertz CT molecular complexity index is 627. The maximum atomic E-state index is 14.2. The largest absolute Gasteiger partial charge is 0.465 e. The van der Waals surface area contributed by atoms with Crippen LogP contribution < -0.4 is 5.32 Å². The number of nitrogens with one attached hydrogen (secondary N) is 1. The highest BCUT2D eigenvalue weighted by atomic mass is 35.5. The smallest absolute Gasteiger partial charge is 0.319 e. The Morgan fingerprint density at radius 3 is 2.54 bits per heavy atom. The van der Waals surface area contributed by atoms with Crippen LogP contribution in [0.5, 0.6) is 0 Å². The zero-order valence-corrected chi connectivity index (χ0v) is 17.3. The second kappa shape index (κ2) is 11.4. The van der Waals surface area contributed by atoms with Crippen LogP contribution in [0.15, 0.2) is 17.0 Å². The minimum Gasteiger partial charge on any atom is -0.465 e. The van der Waals surface area contributed by atoms with Gasteiger partial charge >= 0.3 is 5.97 Å². The van der Waals surface area contributed by atoms with E-state index in [2.05, 4.69) is 5.32 Å². The first-order valence-electron chi connectivity index (χ1n) is 8.97. The summed E-state index contributed by atoms with van der Waals surface area (Å²) in [5, 5.41) is 2.38. The van der Waals surface area contributed by atoms with E-state index in [4.69, 9.17) is 16.3 Å². The van der Waals surface area contributed by atoms with Gasteiger partial charge in [-0.05, 0) is 31.4 Å². The minimum absolute atomic E-state index is 0.0710. The normalized spacial score (nSPS) is 13.2. The van der Waals surface area contributed by atoms with E-state index >= 15 is 0 Å². The van der Waals surface area contributed by atoms with Gasteiger partial charge in [0.15, 0.2) is 0 Å². The summed E-state index contributed by atoms with van der Waals surface area (Å²) < 4.78 is 19.4. The summed E-state index contributed by atoms with van der Waals surface area (Å²) in [4.78, 5) is 24.8. The van der Waals surface area contributed by atoms with Gasteiger partial charge in [-0.15, -0.1) is 11.8 Å². The van der Waals surface area contributed by atoms with Gasteiger partial charge in [0.25, 0.3) is 0 Å². The Morgan fingerprint density at radius 1 is 1.27 bits per heavy atom. The van der Waals surface area contributed by atoms with Crippen molar-refractivity contribution in [3.05, 3.63) is 23.0 Å². The highest BCUT2D eigenvalue weighted by Gasteiger charge is 2.22. The third-order valence-corrected chi connectivity index (χ3v) is 5.63. The molecule has 146 valence electrons. The van der Waals surface area contributed by atoms with Gasteiger partial charge < -0.3 is 10.1 Å². The maximum Gasteiger partial charge on any atom is 0.319 e. The van der Waals surface area contributed by atoms with Gasteiger partial charge in [-0.2, -0.15) is 0 Å². The Labute approximate surface area is 164 Å². The van der Waals surface area contributed by atoms with Crippen LogP contribution in [0, 0.1) is 11.7 Å². The summed E-state index contributed by atoms with van der Waals surface area (Å²) in [6.45, 7) is 7.96. The van der Waals surface area contributed by atoms with E-state index in [0.717, 1.165) is 25.3 Å². The standard InChI is InChI=1S/C19H27ClFNO3S/c1-5-8-12(4)18(23)22-15-11-17(13(20)10-14(15)21)26-16(7-3)19(24)25-9-6-2/h10-12,16H,5-9H2,1-4H3,(H,22,23). The molecule has 0 aromatic heterocycles. The van der Waals surface area contributed by atoms with Crippen LogP contribution >= 0.6 is 23.4 Å². The van der Waals surface area contributed by atoms with E-state index < -0.39 is 11.1 Å². The van der Waals surface area contributed by atoms with Crippen molar-refractivity contribution in [2.75, 3.05) is 11.9 Å². The minimum atomic E-state index is -0.599. The van der Waals surface area contributed by atoms with Crippen molar-refractivity contribution in [1.29, 1.82) is 0 Å². The number of ether oxygens (including phenoxy) is 1. The van der Waals surface area contributed by atoms with Crippen molar-refractivity contribution >= 4 is 40.9 Å². The molecule has 1 N–H and O–H groups in total. The monoisotopic (exact) mass is 403 g/mol. The van der Waals surface area contributed by atoms with E-state index in [1.54, 1.807) is 6.92 Å². The fourth-order valence-corrected chi connectivity index (χ4v) is 3.56. The number of benzene rings is 1. The summed E-state index contributed by atoms with van der Waals surface area (Å²) >= 11 is 7.35. The third kappa shape index (κ3) is 6.80. The molecule has 2 atom stereocenters. The van der Waals surface area contributed by atoms with E-state index in [0.29, 0.717) is 17.9 Å². The summed E-state index contributed by atoms with van der Waals surface area (Å²) in [6.07, 6.45) is 2.90. The van der Waals surface area contributed by atoms with Gasteiger partial charge in [0.05, 0.1) is 17.3 Å². The molecule has 1 aromatic rings. The number of hydrogen-bond acceptors (Lipinski definition) is 4. The molecule has 0 aliphatic heterocycles. The zero-order chi connectivity index (χ0) is 19.7. The molecule has 7 heteroatoms. The van der Waals surface area contributed by atoms with Crippen molar-refractivity contribution in [3.8, 4) is 0 Å². The van der Waals surface area contributed by atoms with Crippen LogP contribution in [-0.2, 0) is 14.3 Å². The molecule has 0 saturated carbocycles. The predicted octanol–water partition coefficient (Wildman–Crippen LogP) is 5.68. The Kier molecular flexibility index (Phi) is 10.0. The van der Waals surface area contributed by atoms with Crippen molar-refractivity contribution in [3.63, 3.8) is 0 Å². The lowest BCUT2D eigenvalue weighted by Crippen LogP contribution is -2.21. The second-order valence-electron chi connectivity index (χ2n) is 6.12. The van der Waals surface area contributed by atoms with Crippen molar-refractivity contribution in [2.45, 2.75) is 63.5 Å². The number of carbonyl (C=O) groups is 2. The topological polar surface area (TPSA) is 55.4 Å². The van der Waals surface area contributed by atoms with Gasteiger partial charge in [0.1, 0.15) is 11.1 Å². The number of anilines is 1. The zero-order valence-electron chi connectivity index (χ0n) is 15.7. The fourth-order valence-electron chi connectivity index (χ4n) is 2.28. The molecule has 0 radical (unpaired) electrons. The van der Waals surface area contributed by atoms with Crippen molar-refractivity contribution in [2.24, 2.45) is 5.92 Å². The van der Waals surface area contributed by atoms with E-state index in [9.17, 15) is 14.0 Å². The summed E-state index contributed by atoms with van der Waals surface area (Å²) in [6, 6.07) is 2.64. The number of halogens is 2. The lowest BCUT2D eigenvalue weighted by atomic mass is 10.1. The second-order valence-corrected chi connectivity index (χ2v) is 7.78. The number of hydrogen-bond donors (Lipinski definition) is 1. The summed E-state index contributed by atoms with van der Waals surface area (Å²) in [7, 11) is 0. The summed E-state index contributed by atoms with van der Waals surface area (Å²) in [5.74, 6) is -1.36. The molecular formula is C19H27ClFNO3S. The van der Waals surface area contributed by atoms with Crippen LogP contribution in [0.4, 0.5) is 10.1 Å². The van der Waals surface area contributed by atoms with E-state index in [1.807, 2.05) is 20.8 Å². The van der Waals surface area contributed by atoms with E-state index in [1.165, 1.54) is 17.8 Å². The van der Waals surface area contributed by atoms with Gasteiger partial charge in [0, 0.05) is 10.8 Å². The van der Waals surface area contributed by atoms with Crippen molar-refractivity contribution < 1.29 is 18.7 Å². The third-order valence-electron chi connectivity index (χ3n) is 3.80. The lowest BCUT2D eigenvalue weighted by Gasteiger charge is -2.17. The molecular weight excluding hydrogens is 377 g/mol. The average molecular weight is 404 g/mol. The first-order chi connectivity index (χ1) is 12.3. The number of amides is 1.